The predicted molar refractivity (Wildman–Crippen MR) is 125 cm³/mol. The summed E-state index contributed by atoms with van der Waals surface area (Å²) >= 11 is 9.32. The molecule has 0 spiro atoms. The van der Waals surface area contributed by atoms with E-state index in [2.05, 4.69) is 21.2 Å². The minimum atomic E-state index is -0.420. The molecule has 160 valence electrons. The van der Waals surface area contributed by atoms with Crippen LogP contribution in [0.15, 0.2) is 70.1 Å². The number of phenols is 1. The van der Waals surface area contributed by atoms with Crippen molar-refractivity contribution in [1.29, 1.82) is 0 Å². The summed E-state index contributed by atoms with van der Waals surface area (Å²) in [7, 11) is 0. The number of hydrogen-bond donors (Lipinski definition) is 2. The van der Waals surface area contributed by atoms with Crippen LogP contribution in [0.2, 0.25) is 5.02 Å². The van der Waals surface area contributed by atoms with Crippen LogP contribution in [0.1, 0.15) is 42.2 Å². The van der Waals surface area contributed by atoms with Crippen LogP contribution >= 0.6 is 27.5 Å². The first kappa shape index (κ1) is 21.8. The Bertz CT molecular complexity index is 1120. The molecular formula is C24H21BrClFN2O2. The lowest BCUT2D eigenvalue weighted by Crippen LogP contribution is -2.33. The minimum absolute atomic E-state index is 0.109. The van der Waals surface area contributed by atoms with E-state index in [1.807, 2.05) is 43.3 Å². The fourth-order valence-electron chi connectivity index (χ4n) is 3.67. The maximum atomic E-state index is 13.8. The van der Waals surface area contributed by atoms with Gasteiger partial charge in [0.15, 0.2) is 11.5 Å². The van der Waals surface area contributed by atoms with Crippen molar-refractivity contribution >= 4 is 33.2 Å². The first-order valence-corrected chi connectivity index (χ1v) is 11.1. The van der Waals surface area contributed by atoms with Gasteiger partial charge in [0.2, 0.25) is 0 Å². The Morgan fingerprint density at radius 3 is 2.68 bits per heavy atom. The number of aliphatic imine (C=N–C) groups is 1. The molecule has 0 saturated heterocycles. The number of aromatic hydroxyl groups is 1. The van der Waals surface area contributed by atoms with Crippen LogP contribution in [0, 0.1) is 5.82 Å². The van der Waals surface area contributed by atoms with Crippen LogP contribution in [0.25, 0.3) is 0 Å². The zero-order chi connectivity index (χ0) is 22.0. The van der Waals surface area contributed by atoms with E-state index >= 15 is 0 Å². The van der Waals surface area contributed by atoms with Gasteiger partial charge < -0.3 is 9.84 Å². The Morgan fingerprint density at radius 2 is 1.97 bits per heavy atom. The highest BCUT2D eigenvalue weighted by Crippen LogP contribution is 2.39. The third-order valence-corrected chi connectivity index (χ3v) is 6.04. The van der Waals surface area contributed by atoms with Crippen LogP contribution in [0.3, 0.4) is 0 Å². The third-order valence-electron chi connectivity index (χ3n) is 5.18. The number of benzene rings is 3. The quantitative estimate of drug-likeness (QED) is 0.414. The fraction of sp³-hybridized carbons (Fsp3) is 0.208. The van der Waals surface area contributed by atoms with E-state index in [0.717, 1.165) is 22.4 Å². The molecule has 0 bridgehead atoms. The van der Waals surface area contributed by atoms with Gasteiger partial charge in [0.1, 0.15) is 12.0 Å². The molecule has 4 nitrogen and oxygen atoms in total. The first-order valence-electron chi connectivity index (χ1n) is 9.94. The fourth-order valence-corrected chi connectivity index (χ4v) is 4.19. The summed E-state index contributed by atoms with van der Waals surface area (Å²) in [5.41, 5.74) is 3.35. The average molecular weight is 504 g/mol. The summed E-state index contributed by atoms with van der Waals surface area (Å²) in [6, 6.07) is 17.6. The van der Waals surface area contributed by atoms with Gasteiger partial charge in [-0.05, 0) is 64.3 Å². The van der Waals surface area contributed by atoms with E-state index < -0.39 is 6.17 Å². The molecule has 0 aromatic heterocycles. The van der Waals surface area contributed by atoms with Crippen molar-refractivity contribution in [2.75, 3.05) is 6.61 Å². The van der Waals surface area contributed by atoms with Gasteiger partial charge in [-0.3, -0.25) is 10.3 Å². The molecule has 1 heterocycles. The average Bonchev–Trinajstić information content (AvgIpc) is 2.77. The number of nitrogens with one attached hydrogen (secondary N) is 1. The largest absolute Gasteiger partial charge is 0.504 e. The molecule has 2 N–H and O–H groups in total. The van der Waals surface area contributed by atoms with Crippen molar-refractivity contribution in [3.05, 3.63) is 92.7 Å². The number of nitrogens with zero attached hydrogens (tertiary/aromatic N) is 1. The number of phenolic OH excluding ortho intramolecular Hbond substituents is 1. The van der Waals surface area contributed by atoms with E-state index in [0.29, 0.717) is 28.3 Å². The van der Waals surface area contributed by atoms with Crippen LogP contribution in [-0.2, 0) is 0 Å². The normalized spacial score (nSPS) is 18.5. The second kappa shape index (κ2) is 9.39. The third kappa shape index (κ3) is 4.76. The van der Waals surface area contributed by atoms with Crippen molar-refractivity contribution in [2.45, 2.75) is 25.6 Å². The molecule has 2 atom stereocenters. The van der Waals surface area contributed by atoms with E-state index in [1.165, 1.54) is 6.07 Å². The Balaban J connectivity index is 1.76. The molecule has 3 aromatic carbocycles. The summed E-state index contributed by atoms with van der Waals surface area (Å²) in [6.45, 7) is 2.33. The van der Waals surface area contributed by atoms with Gasteiger partial charge in [-0.25, -0.2) is 4.39 Å². The molecule has 0 aliphatic carbocycles. The highest BCUT2D eigenvalue weighted by molar-refractivity contribution is 9.10. The second-order valence-corrected chi connectivity index (χ2v) is 8.50. The van der Waals surface area contributed by atoms with Gasteiger partial charge in [0.25, 0.3) is 0 Å². The summed E-state index contributed by atoms with van der Waals surface area (Å²) < 4.78 is 19.7. The van der Waals surface area contributed by atoms with E-state index in [-0.39, 0.29) is 17.6 Å². The molecule has 4 rings (SSSR count). The maximum Gasteiger partial charge on any atom is 0.162 e. The molecule has 0 saturated carbocycles. The number of ether oxygens (including phenoxy) is 1. The van der Waals surface area contributed by atoms with Crippen molar-refractivity contribution in [3.63, 3.8) is 0 Å². The SMILES string of the molecule is CCOc1cccc([C@@H]2CC(c3ccc(Cl)cc3)=N[C@@H](c3ccc(F)c(Br)c3)N2)c1O. The summed E-state index contributed by atoms with van der Waals surface area (Å²) in [4.78, 5) is 4.89. The van der Waals surface area contributed by atoms with Crippen molar-refractivity contribution in [1.82, 2.24) is 5.32 Å². The van der Waals surface area contributed by atoms with Crippen molar-refractivity contribution < 1.29 is 14.2 Å². The molecular weight excluding hydrogens is 483 g/mol. The Kier molecular flexibility index (Phi) is 6.60. The molecule has 0 fully saturated rings. The molecule has 3 aromatic rings. The van der Waals surface area contributed by atoms with Gasteiger partial charge in [0.05, 0.1) is 11.1 Å². The highest BCUT2D eigenvalue weighted by Gasteiger charge is 2.29. The van der Waals surface area contributed by atoms with E-state index in [9.17, 15) is 9.50 Å². The number of hydrogen-bond acceptors (Lipinski definition) is 4. The zero-order valence-electron chi connectivity index (χ0n) is 16.8. The van der Waals surface area contributed by atoms with Gasteiger partial charge in [-0.15, -0.1) is 0 Å². The maximum absolute atomic E-state index is 13.8. The van der Waals surface area contributed by atoms with Crippen LogP contribution in [-0.4, -0.2) is 17.4 Å². The topological polar surface area (TPSA) is 53.8 Å². The molecule has 0 radical (unpaired) electrons. The first-order chi connectivity index (χ1) is 15.0. The Morgan fingerprint density at radius 1 is 1.19 bits per heavy atom. The summed E-state index contributed by atoms with van der Waals surface area (Å²) in [5, 5.41) is 15.0. The number of rotatable bonds is 5. The molecule has 31 heavy (non-hydrogen) atoms. The number of para-hydroxylation sites is 1. The van der Waals surface area contributed by atoms with Crippen molar-refractivity contribution in [2.24, 2.45) is 4.99 Å². The van der Waals surface area contributed by atoms with Gasteiger partial charge in [-0.2, -0.15) is 0 Å². The molecule has 1 aliphatic heterocycles. The monoisotopic (exact) mass is 502 g/mol. The Labute approximate surface area is 193 Å². The summed E-state index contributed by atoms with van der Waals surface area (Å²) in [6.07, 6.45) is 0.139. The van der Waals surface area contributed by atoms with Crippen LogP contribution in [0.4, 0.5) is 4.39 Å². The van der Waals surface area contributed by atoms with Gasteiger partial charge in [0, 0.05) is 28.8 Å². The second-order valence-electron chi connectivity index (χ2n) is 7.21. The van der Waals surface area contributed by atoms with Gasteiger partial charge >= 0.3 is 0 Å². The van der Waals surface area contributed by atoms with Crippen LogP contribution < -0.4 is 10.1 Å². The molecule has 7 heteroatoms. The Hall–Kier alpha value is -2.41. The smallest absolute Gasteiger partial charge is 0.162 e. The highest BCUT2D eigenvalue weighted by atomic mass is 79.9. The van der Waals surface area contributed by atoms with E-state index in [4.69, 9.17) is 21.3 Å². The minimum Gasteiger partial charge on any atom is -0.504 e. The summed E-state index contributed by atoms with van der Waals surface area (Å²) in [5.74, 6) is 0.219. The lowest BCUT2D eigenvalue weighted by atomic mass is 9.93. The van der Waals surface area contributed by atoms with Gasteiger partial charge in [-0.1, -0.05) is 41.9 Å². The lowest BCUT2D eigenvalue weighted by molar-refractivity contribution is 0.313. The molecule has 1 aliphatic rings. The molecule has 0 unspecified atom stereocenters. The van der Waals surface area contributed by atoms with Crippen molar-refractivity contribution in [3.8, 4) is 11.5 Å². The molecule has 0 amide bonds. The number of halogens is 3. The standard InChI is InChI=1S/C24H21BrClFN2O2/c1-2-31-22-5-3-4-17(23(22)30)21-13-20(14-6-9-16(26)10-7-14)28-24(29-21)15-8-11-19(27)18(25)12-15/h3-12,21,24,29-30H,2,13H2,1H3/t21-,24+/m0/s1. The lowest BCUT2D eigenvalue weighted by Gasteiger charge is -2.31. The zero-order valence-corrected chi connectivity index (χ0v) is 19.1. The van der Waals surface area contributed by atoms with Crippen LogP contribution in [0.5, 0.6) is 11.5 Å². The van der Waals surface area contributed by atoms with E-state index in [1.54, 1.807) is 18.2 Å². The predicted octanol–water partition coefficient (Wildman–Crippen LogP) is 6.57.